The Balaban J connectivity index is 1.66. The fourth-order valence-electron chi connectivity index (χ4n) is 2.98. The van der Waals surface area contributed by atoms with E-state index < -0.39 is 0 Å². The van der Waals surface area contributed by atoms with Gasteiger partial charge >= 0.3 is 0 Å². The molecule has 1 aromatic heterocycles. The molecular formula is C14H20N4O2. The minimum atomic E-state index is -0.198. The number of aromatic nitrogens is 2. The summed E-state index contributed by atoms with van der Waals surface area (Å²) in [5.74, 6) is 1.07. The van der Waals surface area contributed by atoms with Crippen molar-refractivity contribution in [1.82, 2.24) is 9.97 Å². The lowest BCUT2D eigenvalue weighted by molar-refractivity contribution is -0.122. The van der Waals surface area contributed by atoms with Crippen LogP contribution in [0, 0.1) is 5.92 Å². The SMILES string of the molecule is NC(=O)C1CCN(c2cc(C3CC(O)C3)ncn2)CC1. The van der Waals surface area contributed by atoms with Gasteiger partial charge in [-0.25, -0.2) is 9.97 Å². The van der Waals surface area contributed by atoms with Crippen molar-refractivity contribution < 1.29 is 9.90 Å². The number of hydrogen-bond acceptors (Lipinski definition) is 5. The molecule has 0 radical (unpaired) electrons. The van der Waals surface area contributed by atoms with Crippen LogP contribution in [0.5, 0.6) is 0 Å². The number of rotatable bonds is 3. The minimum Gasteiger partial charge on any atom is -0.393 e. The number of primary amides is 1. The van der Waals surface area contributed by atoms with Crippen LogP contribution in [0.3, 0.4) is 0 Å². The number of aliphatic hydroxyl groups excluding tert-OH is 1. The number of nitrogens with two attached hydrogens (primary N) is 1. The van der Waals surface area contributed by atoms with Gasteiger partial charge in [-0.15, -0.1) is 0 Å². The van der Waals surface area contributed by atoms with Gasteiger partial charge in [0.25, 0.3) is 0 Å². The van der Waals surface area contributed by atoms with Crippen LogP contribution in [-0.2, 0) is 4.79 Å². The number of amides is 1. The quantitative estimate of drug-likeness (QED) is 0.834. The molecule has 108 valence electrons. The Kier molecular flexibility index (Phi) is 3.56. The number of aliphatic hydroxyl groups is 1. The lowest BCUT2D eigenvalue weighted by Crippen LogP contribution is -2.39. The van der Waals surface area contributed by atoms with E-state index in [4.69, 9.17) is 5.73 Å². The molecule has 3 N–H and O–H groups in total. The fraction of sp³-hybridized carbons (Fsp3) is 0.643. The van der Waals surface area contributed by atoms with E-state index in [0.29, 0.717) is 5.92 Å². The summed E-state index contributed by atoms with van der Waals surface area (Å²) in [5.41, 5.74) is 6.36. The van der Waals surface area contributed by atoms with Gasteiger partial charge in [-0.1, -0.05) is 0 Å². The molecule has 0 spiro atoms. The van der Waals surface area contributed by atoms with E-state index in [-0.39, 0.29) is 17.9 Å². The highest BCUT2D eigenvalue weighted by Crippen LogP contribution is 2.36. The largest absolute Gasteiger partial charge is 0.393 e. The summed E-state index contributed by atoms with van der Waals surface area (Å²) >= 11 is 0. The standard InChI is InChI=1S/C14H20N4O2/c15-14(20)9-1-3-18(4-2-9)13-7-12(16-8-17-13)10-5-11(19)6-10/h7-11,19H,1-6H2,(H2,15,20). The highest BCUT2D eigenvalue weighted by atomic mass is 16.3. The predicted molar refractivity (Wildman–Crippen MR) is 74.1 cm³/mol. The first-order valence-corrected chi connectivity index (χ1v) is 7.17. The topological polar surface area (TPSA) is 92.3 Å². The van der Waals surface area contributed by atoms with Crippen LogP contribution in [0.15, 0.2) is 12.4 Å². The highest BCUT2D eigenvalue weighted by molar-refractivity contribution is 5.76. The molecule has 1 aliphatic heterocycles. The van der Waals surface area contributed by atoms with E-state index in [9.17, 15) is 9.90 Å². The molecule has 1 saturated heterocycles. The molecule has 2 aliphatic rings. The van der Waals surface area contributed by atoms with E-state index in [2.05, 4.69) is 14.9 Å². The zero-order valence-electron chi connectivity index (χ0n) is 11.4. The molecule has 1 saturated carbocycles. The summed E-state index contributed by atoms with van der Waals surface area (Å²) in [7, 11) is 0. The van der Waals surface area contributed by atoms with Gasteiger partial charge in [0.15, 0.2) is 0 Å². The van der Waals surface area contributed by atoms with Crippen molar-refractivity contribution in [2.45, 2.75) is 37.7 Å². The third kappa shape index (κ3) is 2.60. The summed E-state index contributed by atoms with van der Waals surface area (Å²) in [6.45, 7) is 1.61. The molecule has 20 heavy (non-hydrogen) atoms. The molecule has 6 heteroatoms. The van der Waals surface area contributed by atoms with Crippen molar-refractivity contribution >= 4 is 11.7 Å². The predicted octanol–water partition coefficient (Wildman–Crippen LogP) is 0.417. The first-order chi connectivity index (χ1) is 9.63. The third-order valence-corrected chi connectivity index (χ3v) is 4.43. The van der Waals surface area contributed by atoms with E-state index in [1.807, 2.05) is 6.07 Å². The Morgan fingerprint density at radius 2 is 2.00 bits per heavy atom. The molecule has 1 amide bonds. The number of carbonyl (C=O) groups is 1. The van der Waals surface area contributed by atoms with Crippen molar-refractivity contribution in [2.75, 3.05) is 18.0 Å². The van der Waals surface area contributed by atoms with Gasteiger partial charge in [0, 0.05) is 36.7 Å². The molecule has 2 heterocycles. The highest BCUT2D eigenvalue weighted by Gasteiger charge is 2.30. The molecular weight excluding hydrogens is 256 g/mol. The number of piperidine rings is 1. The van der Waals surface area contributed by atoms with E-state index in [0.717, 1.165) is 50.3 Å². The lowest BCUT2D eigenvalue weighted by atomic mass is 9.80. The maximum absolute atomic E-state index is 11.2. The number of nitrogens with zero attached hydrogens (tertiary/aromatic N) is 3. The Hall–Kier alpha value is -1.69. The summed E-state index contributed by atoms with van der Waals surface area (Å²) in [4.78, 5) is 22.0. The summed E-state index contributed by atoms with van der Waals surface area (Å²) in [6, 6.07) is 2.02. The molecule has 3 rings (SSSR count). The number of anilines is 1. The maximum atomic E-state index is 11.2. The van der Waals surface area contributed by atoms with Gasteiger partial charge in [0.05, 0.1) is 6.10 Å². The second-order valence-corrected chi connectivity index (χ2v) is 5.79. The maximum Gasteiger partial charge on any atom is 0.220 e. The van der Waals surface area contributed by atoms with Gasteiger partial charge < -0.3 is 15.7 Å². The van der Waals surface area contributed by atoms with E-state index >= 15 is 0 Å². The zero-order valence-corrected chi connectivity index (χ0v) is 11.4. The second kappa shape index (κ2) is 5.36. The average Bonchev–Trinajstić information content (AvgIpc) is 2.44. The average molecular weight is 276 g/mol. The molecule has 2 fully saturated rings. The number of hydrogen-bond donors (Lipinski definition) is 2. The summed E-state index contributed by atoms with van der Waals surface area (Å²) in [6.07, 6.45) is 4.58. The fourth-order valence-corrected chi connectivity index (χ4v) is 2.98. The van der Waals surface area contributed by atoms with Crippen molar-refractivity contribution in [3.63, 3.8) is 0 Å². The first kappa shape index (κ1) is 13.3. The lowest BCUT2D eigenvalue weighted by Gasteiger charge is -2.33. The van der Waals surface area contributed by atoms with E-state index in [1.165, 1.54) is 0 Å². The van der Waals surface area contributed by atoms with Gasteiger partial charge in [-0.2, -0.15) is 0 Å². The minimum absolute atomic E-state index is 0.00524. The van der Waals surface area contributed by atoms with Gasteiger partial charge in [0.1, 0.15) is 12.1 Å². The number of carbonyl (C=O) groups excluding carboxylic acids is 1. The van der Waals surface area contributed by atoms with Crippen LogP contribution in [-0.4, -0.2) is 40.2 Å². The van der Waals surface area contributed by atoms with Crippen molar-refractivity contribution in [2.24, 2.45) is 11.7 Å². The van der Waals surface area contributed by atoms with Gasteiger partial charge in [-0.05, 0) is 25.7 Å². The molecule has 0 unspecified atom stereocenters. The van der Waals surface area contributed by atoms with Crippen LogP contribution in [0.2, 0.25) is 0 Å². The third-order valence-electron chi connectivity index (χ3n) is 4.43. The van der Waals surface area contributed by atoms with Crippen molar-refractivity contribution in [3.8, 4) is 0 Å². The Morgan fingerprint density at radius 3 is 2.60 bits per heavy atom. The molecule has 6 nitrogen and oxygen atoms in total. The van der Waals surface area contributed by atoms with Crippen LogP contribution in [0.1, 0.15) is 37.3 Å². The molecule has 0 atom stereocenters. The normalized spacial score (nSPS) is 27.1. The smallest absolute Gasteiger partial charge is 0.220 e. The molecule has 1 aliphatic carbocycles. The van der Waals surface area contributed by atoms with Gasteiger partial charge in [-0.3, -0.25) is 4.79 Å². The first-order valence-electron chi connectivity index (χ1n) is 7.17. The molecule has 1 aromatic rings. The van der Waals surface area contributed by atoms with Crippen LogP contribution >= 0.6 is 0 Å². The Morgan fingerprint density at radius 1 is 1.30 bits per heavy atom. The van der Waals surface area contributed by atoms with Crippen LogP contribution in [0.4, 0.5) is 5.82 Å². The van der Waals surface area contributed by atoms with Crippen LogP contribution in [0.25, 0.3) is 0 Å². The summed E-state index contributed by atoms with van der Waals surface area (Å²) < 4.78 is 0. The second-order valence-electron chi connectivity index (χ2n) is 5.79. The molecule has 0 aromatic carbocycles. The van der Waals surface area contributed by atoms with Crippen molar-refractivity contribution in [3.05, 3.63) is 18.1 Å². The Bertz CT molecular complexity index is 494. The van der Waals surface area contributed by atoms with Gasteiger partial charge in [0.2, 0.25) is 5.91 Å². The zero-order chi connectivity index (χ0) is 14.1. The van der Waals surface area contributed by atoms with Crippen molar-refractivity contribution in [1.29, 1.82) is 0 Å². The molecule has 0 bridgehead atoms. The van der Waals surface area contributed by atoms with Crippen LogP contribution < -0.4 is 10.6 Å². The van der Waals surface area contributed by atoms with E-state index in [1.54, 1.807) is 6.33 Å². The monoisotopic (exact) mass is 276 g/mol. The summed E-state index contributed by atoms with van der Waals surface area (Å²) in [5, 5.41) is 9.38. The Labute approximate surface area is 118 Å².